The Morgan fingerprint density at radius 3 is 2.61 bits per heavy atom. The maximum absolute atomic E-state index is 13.4. The molecule has 0 bridgehead atoms. The van der Waals surface area contributed by atoms with Crippen LogP contribution in [0.4, 0.5) is 4.39 Å². The van der Waals surface area contributed by atoms with Crippen LogP contribution >= 0.6 is 0 Å². The molecule has 1 aromatic rings. The number of halogens is 1. The lowest BCUT2D eigenvalue weighted by molar-refractivity contribution is 0.288. The van der Waals surface area contributed by atoms with Crippen LogP contribution in [0.1, 0.15) is 39.2 Å². The van der Waals surface area contributed by atoms with E-state index in [4.69, 9.17) is 10.5 Å². The van der Waals surface area contributed by atoms with Gasteiger partial charge in [-0.25, -0.2) is 4.39 Å². The third-order valence-electron chi connectivity index (χ3n) is 2.92. The van der Waals surface area contributed by atoms with Crippen molar-refractivity contribution >= 4 is 0 Å². The highest BCUT2D eigenvalue weighted by Crippen LogP contribution is 2.18. The predicted octanol–water partition coefficient (Wildman–Crippen LogP) is 3.53. The van der Waals surface area contributed by atoms with Crippen molar-refractivity contribution in [1.82, 2.24) is 0 Å². The molecule has 0 aromatic heterocycles. The summed E-state index contributed by atoms with van der Waals surface area (Å²) in [6.45, 7) is 6.94. The summed E-state index contributed by atoms with van der Waals surface area (Å²) in [5.41, 5.74) is 6.79. The molecule has 0 heterocycles. The Balaban J connectivity index is 2.62. The Hall–Kier alpha value is -1.09. The second-order valence-electron chi connectivity index (χ2n) is 5.20. The van der Waals surface area contributed by atoms with Gasteiger partial charge in [0.05, 0.1) is 6.61 Å². The maximum atomic E-state index is 13.4. The highest BCUT2D eigenvalue weighted by Gasteiger charge is 2.06. The molecule has 0 saturated carbocycles. The molecule has 2 nitrogen and oxygen atoms in total. The van der Waals surface area contributed by atoms with Crippen molar-refractivity contribution in [3.05, 3.63) is 29.6 Å². The fourth-order valence-electron chi connectivity index (χ4n) is 1.68. The summed E-state index contributed by atoms with van der Waals surface area (Å²) < 4.78 is 19.0. The van der Waals surface area contributed by atoms with Gasteiger partial charge in [0.25, 0.3) is 0 Å². The zero-order valence-electron chi connectivity index (χ0n) is 11.6. The molecule has 0 aliphatic carbocycles. The normalized spacial score (nSPS) is 12.8. The fraction of sp³-hybridized carbons (Fsp3) is 0.600. The van der Waals surface area contributed by atoms with E-state index in [1.807, 2.05) is 13.0 Å². The molecule has 102 valence electrons. The van der Waals surface area contributed by atoms with Crippen LogP contribution in [-0.4, -0.2) is 12.6 Å². The van der Waals surface area contributed by atoms with Crippen LogP contribution in [0.2, 0.25) is 0 Å². The first-order valence-electron chi connectivity index (χ1n) is 6.69. The Kier molecular flexibility index (Phi) is 6.13. The molecule has 0 spiro atoms. The van der Waals surface area contributed by atoms with Crippen molar-refractivity contribution in [3.63, 3.8) is 0 Å². The van der Waals surface area contributed by atoms with Crippen molar-refractivity contribution in [2.45, 2.75) is 46.1 Å². The third-order valence-corrected chi connectivity index (χ3v) is 2.92. The number of hydrogen-bond acceptors (Lipinski definition) is 2. The fourth-order valence-corrected chi connectivity index (χ4v) is 1.68. The summed E-state index contributed by atoms with van der Waals surface area (Å²) in [7, 11) is 0. The monoisotopic (exact) mass is 253 g/mol. The van der Waals surface area contributed by atoms with E-state index in [-0.39, 0.29) is 11.9 Å². The molecule has 1 unspecified atom stereocenters. The van der Waals surface area contributed by atoms with Gasteiger partial charge in [-0.2, -0.15) is 0 Å². The zero-order chi connectivity index (χ0) is 13.5. The minimum absolute atomic E-state index is 0.0790. The van der Waals surface area contributed by atoms with E-state index >= 15 is 0 Å². The molecule has 0 fully saturated rings. The Labute approximate surface area is 109 Å². The van der Waals surface area contributed by atoms with Crippen molar-refractivity contribution in [2.75, 3.05) is 6.61 Å². The minimum Gasteiger partial charge on any atom is -0.493 e. The third kappa shape index (κ3) is 5.50. The zero-order valence-corrected chi connectivity index (χ0v) is 11.6. The smallest absolute Gasteiger partial charge is 0.127 e. The molecule has 0 aliphatic heterocycles. The lowest BCUT2D eigenvalue weighted by Gasteiger charge is -2.12. The molecule has 1 atom stereocenters. The molecule has 0 aliphatic rings. The SMILES string of the molecule is CCC(N)Cc1cc(F)cc(OCCC(C)C)c1. The number of nitrogens with two attached hydrogens (primary N) is 1. The average Bonchev–Trinajstić information content (AvgIpc) is 2.27. The highest BCUT2D eigenvalue weighted by molar-refractivity contribution is 5.30. The first-order chi connectivity index (χ1) is 8.51. The minimum atomic E-state index is -0.254. The summed E-state index contributed by atoms with van der Waals surface area (Å²) in [4.78, 5) is 0. The summed E-state index contributed by atoms with van der Waals surface area (Å²) >= 11 is 0. The first kappa shape index (κ1) is 15.0. The molecule has 0 radical (unpaired) electrons. The van der Waals surface area contributed by atoms with Gasteiger partial charge >= 0.3 is 0 Å². The van der Waals surface area contributed by atoms with Crippen molar-refractivity contribution in [2.24, 2.45) is 11.7 Å². The van der Waals surface area contributed by atoms with Gasteiger partial charge < -0.3 is 10.5 Å². The van der Waals surface area contributed by atoms with Gasteiger partial charge in [-0.1, -0.05) is 20.8 Å². The molecule has 2 N–H and O–H groups in total. The molecular formula is C15H24FNO. The van der Waals surface area contributed by atoms with E-state index in [0.717, 1.165) is 18.4 Å². The predicted molar refractivity (Wildman–Crippen MR) is 73.3 cm³/mol. The van der Waals surface area contributed by atoms with Crippen LogP contribution in [-0.2, 0) is 6.42 Å². The van der Waals surface area contributed by atoms with Gasteiger partial charge in [0, 0.05) is 12.1 Å². The lowest BCUT2D eigenvalue weighted by Crippen LogP contribution is -2.21. The Morgan fingerprint density at radius 1 is 1.28 bits per heavy atom. The standard InChI is InChI=1S/C15H24FNO/c1-4-14(17)8-12-7-13(16)10-15(9-12)18-6-5-11(2)3/h7,9-11,14H,4-6,8,17H2,1-3H3. The molecule has 0 saturated heterocycles. The Morgan fingerprint density at radius 2 is 2.00 bits per heavy atom. The van der Waals surface area contributed by atoms with Crippen LogP contribution in [0.5, 0.6) is 5.75 Å². The molecule has 1 aromatic carbocycles. The molecule has 1 rings (SSSR count). The molecular weight excluding hydrogens is 229 g/mol. The van der Waals surface area contributed by atoms with E-state index in [9.17, 15) is 4.39 Å². The van der Waals surface area contributed by atoms with E-state index in [1.165, 1.54) is 12.1 Å². The number of ether oxygens (including phenoxy) is 1. The van der Waals surface area contributed by atoms with Crippen LogP contribution in [0.3, 0.4) is 0 Å². The highest BCUT2D eigenvalue weighted by atomic mass is 19.1. The van der Waals surface area contributed by atoms with Crippen molar-refractivity contribution in [3.8, 4) is 5.75 Å². The van der Waals surface area contributed by atoms with Gasteiger partial charge in [-0.15, -0.1) is 0 Å². The number of benzene rings is 1. The molecule has 3 heteroatoms. The van der Waals surface area contributed by atoms with Crippen LogP contribution < -0.4 is 10.5 Å². The second kappa shape index (κ2) is 7.37. The van der Waals surface area contributed by atoms with Crippen molar-refractivity contribution in [1.29, 1.82) is 0 Å². The second-order valence-corrected chi connectivity index (χ2v) is 5.20. The number of hydrogen-bond donors (Lipinski definition) is 1. The van der Waals surface area contributed by atoms with Crippen LogP contribution in [0.25, 0.3) is 0 Å². The number of rotatable bonds is 7. The quantitative estimate of drug-likeness (QED) is 0.806. The van der Waals surface area contributed by atoms with Gasteiger partial charge in [0.15, 0.2) is 0 Å². The maximum Gasteiger partial charge on any atom is 0.127 e. The molecule has 18 heavy (non-hydrogen) atoms. The van der Waals surface area contributed by atoms with Gasteiger partial charge in [0.2, 0.25) is 0 Å². The Bertz CT molecular complexity index is 366. The first-order valence-corrected chi connectivity index (χ1v) is 6.69. The van der Waals surface area contributed by atoms with Gasteiger partial charge in [-0.05, 0) is 42.9 Å². The van der Waals surface area contributed by atoms with Crippen LogP contribution in [0, 0.1) is 11.7 Å². The summed E-state index contributed by atoms with van der Waals surface area (Å²) in [6, 6.07) is 4.93. The van der Waals surface area contributed by atoms with E-state index in [0.29, 0.717) is 24.7 Å². The summed E-state index contributed by atoms with van der Waals surface area (Å²) in [5, 5.41) is 0. The van der Waals surface area contributed by atoms with Crippen molar-refractivity contribution < 1.29 is 9.13 Å². The van der Waals surface area contributed by atoms with E-state index < -0.39 is 0 Å². The van der Waals surface area contributed by atoms with E-state index in [1.54, 1.807) is 0 Å². The molecule has 0 amide bonds. The van der Waals surface area contributed by atoms with Gasteiger partial charge in [0.1, 0.15) is 11.6 Å². The summed E-state index contributed by atoms with van der Waals surface area (Å²) in [5.74, 6) is 0.941. The lowest BCUT2D eigenvalue weighted by atomic mass is 10.0. The van der Waals surface area contributed by atoms with Gasteiger partial charge in [-0.3, -0.25) is 0 Å². The van der Waals surface area contributed by atoms with Crippen LogP contribution in [0.15, 0.2) is 18.2 Å². The average molecular weight is 253 g/mol. The summed E-state index contributed by atoms with van der Waals surface area (Å²) in [6.07, 6.45) is 2.55. The topological polar surface area (TPSA) is 35.2 Å². The largest absolute Gasteiger partial charge is 0.493 e. The van der Waals surface area contributed by atoms with E-state index in [2.05, 4.69) is 13.8 Å².